The molecule has 3 nitrogen and oxygen atoms in total. The molecule has 0 fully saturated rings. The van der Waals surface area contributed by atoms with E-state index in [-0.39, 0.29) is 0 Å². The van der Waals surface area contributed by atoms with Gasteiger partial charge in [-0.2, -0.15) is 0 Å². The second kappa shape index (κ2) is 9.93. The monoisotopic (exact) mass is 292 g/mol. The summed E-state index contributed by atoms with van der Waals surface area (Å²) in [5, 5.41) is 3.48. The number of methoxy groups -OCH3 is 1. The van der Waals surface area contributed by atoms with Crippen molar-refractivity contribution in [1.29, 1.82) is 0 Å². The van der Waals surface area contributed by atoms with E-state index in [4.69, 9.17) is 4.74 Å². The molecule has 120 valence electrons. The number of hydrogen-bond acceptors (Lipinski definition) is 3. The summed E-state index contributed by atoms with van der Waals surface area (Å²) in [6.45, 7) is 13.7. The molecule has 1 aromatic carbocycles. The average Bonchev–Trinajstić information content (AvgIpc) is 2.42. The summed E-state index contributed by atoms with van der Waals surface area (Å²) in [7, 11) is 1.77. The summed E-state index contributed by atoms with van der Waals surface area (Å²) >= 11 is 0. The van der Waals surface area contributed by atoms with E-state index in [1.165, 1.54) is 11.1 Å². The quantitative estimate of drug-likeness (QED) is 0.716. The summed E-state index contributed by atoms with van der Waals surface area (Å²) in [6.07, 6.45) is 0. The third-order valence-electron chi connectivity index (χ3n) is 3.35. The van der Waals surface area contributed by atoms with Crippen molar-refractivity contribution >= 4 is 0 Å². The molecular formula is C18H32N2O. The van der Waals surface area contributed by atoms with Crippen LogP contribution in [0.1, 0.15) is 38.8 Å². The number of nitrogens with one attached hydrogen (secondary N) is 1. The lowest BCUT2D eigenvalue weighted by Gasteiger charge is -2.24. The molecule has 0 saturated heterocycles. The van der Waals surface area contributed by atoms with Gasteiger partial charge in [0.1, 0.15) is 0 Å². The lowest BCUT2D eigenvalue weighted by atomic mass is 10.1. The summed E-state index contributed by atoms with van der Waals surface area (Å²) in [4.78, 5) is 2.48. The Morgan fingerprint density at radius 3 is 2.48 bits per heavy atom. The Morgan fingerprint density at radius 2 is 1.86 bits per heavy atom. The zero-order valence-electron chi connectivity index (χ0n) is 14.4. The van der Waals surface area contributed by atoms with Gasteiger partial charge in [-0.15, -0.1) is 0 Å². The zero-order valence-corrected chi connectivity index (χ0v) is 14.4. The van der Waals surface area contributed by atoms with Crippen LogP contribution in [0.4, 0.5) is 0 Å². The van der Waals surface area contributed by atoms with Crippen LogP contribution in [0.5, 0.6) is 0 Å². The number of rotatable bonds is 10. The molecule has 0 radical (unpaired) electrons. The molecule has 0 spiro atoms. The predicted molar refractivity (Wildman–Crippen MR) is 90.4 cm³/mol. The van der Waals surface area contributed by atoms with Crippen molar-refractivity contribution in [3.63, 3.8) is 0 Å². The van der Waals surface area contributed by atoms with Crippen LogP contribution in [0.25, 0.3) is 0 Å². The minimum Gasteiger partial charge on any atom is -0.383 e. The normalized spacial score (nSPS) is 11.8. The van der Waals surface area contributed by atoms with Gasteiger partial charge in [-0.25, -0.2) is 0 Å². The summed E-state index contributed by atoms with van der Waals surface area (Å²) in [5.41, 5.74) is 2.74. The molecule has 0 bridgehead atoms. The number of benzene rings is 1. The molecule has 0 unspecified atom stereocenters. The van der Waals surface area contributed by atoms with Gasteiger partial charge >= 0.3 is 0 Å². The molecule has 1 aromatic rings. The van der Waals surface area contributed by atoms with Crippen molar-refractivity contribution in [2.75, 3.05) is 26.8 Å². The van der Waals surface area contributed by atoms with E-state index < -0.39 is 0 Å². The van der Waals surface area contributed by atoms with Gasteiger partial charge in [-0.1, -0.05) is 52.0 Å². The molecule has 1 rings (SSSR count). The third-order valence-corrected chi connectivity index (χ3v) is 3.35. The molecular weight excluding hydrogens is 260 g/mol. The van der Waals surface area contributed by atoms with Crippen LogP contribution >= 0.6 is 0 Å². The first-order chi connectivity index (χ1) is 10.0. The minimum atomic E-state index is 0.521. The average molecular weight is 292 g/mol. The Hall–Kier alpha value is -0.900. The maximum atomic E-state index is 5.23. The highest BCUT2D eigenvalue weighted by Crippen LogP contribution is 2.10. The number of nitrogens with zero attached hydrogens (tertiary/aromatic N) is 1. The van der Waals surface area contributed by atoms with Crippen LogP contribution in [0.15, 0.2) is 24.3 Å². The zero-order chi connectivity index (χ0) is 15.7. The highest BCUT2D eigenvalue weighted by molar-refractivity contribution is 5.23. The van der Waals surface area contributed by atoms with Crippen molar-refractivity contribution in [3.05, 3.63) is 35.4 Å². The minimum absolute atomic E-state index is 0.521. The topological polar surface area (TPSA) is 24.5 Å². The first-order valence-corrected chi connectivity index (χ1v) is 8.03. The Balaban J connectivity index is 2.62. The molecule has 0 aliphatic rings. The fraction of sp³-hybridized carbons (Fsp3) is 0.667. The lowest BCUT2D eigenvalue weighted by molar-refractivity contribution is 0.136. The Kier molecular flexibility index (Phi) is 8.58. The van der Waals surface area contributed by atoms with Crippen LogP contribution < -0.4 is 5.32 Å². The van der Waals surface area contributed by atoms with E-state index in [0.29, 0.717) is 12.0 Å². The first-order valence-electron chi connectivity index (χ1n) is 8.03. The molecule has 0 amide bonds. The second-order valence-corrected chi connectivity index (χ2v) is 6.48. The highest BCUT2D eigenvalue weighted by Gasteiger charge is 2.08. The van der Waals surface area contributed by atoms with Gasteiger partial charge in [-0.3, -0.25) is 4.90 Å². The SMILES string of the molecule is COCCN(Cc1cccc(CNC(C)C)c1)CC(C)C. The van der Waals surface area contributed by atoms with E-state index in [2.05, 4.69) is 62.2 Å². The molecule has 21 heavy (non-hydrogen) atoms. The van der Waals surface area contributed by atoms with E-state index in [9.17, 15) is 0 Å². The predicted octanol–water partition coefficient (Wildman–Crippen LogP) is 3.29. The van der Waals surface area contributed by atoms with Gasteiger partial charge < -0.3 is 10.1 Å². The van der Waals surface area contributed by atoms with Gasteiger partial charge in [-0.05, 0) is 17.0 Å². The Labute approximate surface area is 130 Å². The van der Waals surface area contributed by atoms with Gasteiger partial charge in [0.2, 0.25) is 0 Å². The Bertz CT molecular complexity index is 391. The number of hydrogen-bond donors (Lipinski definition) is 1. The second-order valence-electron chi connectivity index (χ2n) is 6.48. The molecule has 0 aromatic heterocycles. The molecule has 1 N–H and O–H groups in total. The molecule has 0 heterocycles. The van der Waals surface area contributed by atoms with Crippen molar-refractivity contribution in [3.8, 4) is 0 Å². The molecule has 0 saturated carbocycles. The summed E-state index contributed by atoms with van der Waals surface area (Å²) in [6, 6.07) is 9.42. The molecule has 0 aliphatic heterocycles. The van der Waals surface area contributed by atoms with Crippen molar-refractivity contribution in [2.24, 2.45) is 5.92 Å². The van der Waals surface area contributed by atoms with E-state index >= 15 is 0 Å². The van der Waals surface area contributed by atoms with Gasteiger partial charge in [0.05, 0.1) is 6.61 Å². The standard InChI is InChI=1S/C18H32N2O/c1-15(2)13-20(9-10-21-5)14-18-8-6-7-17(11-18)12-19-16(3)4/h6-8,11,15-16,19H,9-10,12-14H2,1-5H3. The molecule has 0 atom stereocenters. The van der Waals surface area contributed by atoms with E-state index in [1.807, 2.05) is 0 Å². The van der Waals surface area contributed by atoms with Crippen molar-refractivity contribution in [1.82, 2.24) is 10.2 Å². The van der Waals surface area contributed by atoms with Crippen LogP contribution in [-0.4, -0.2) is 37.7 Å². The largest absolute Gasteiger partial charge is 0.383 e. The van der Waals surface area contributed by atoms with Crippen LogP contribution in [-0.2, 0) is 17.8 Å². The summed E-state index contributed by atoms with van der Waals surface area (Å²) in [5.74, 6) is 0.674. The smallest absolute Gasteiger partial charge is 0.0589 e. The first kappa shape index (κ1) is 18.1. The third kappa shape index (κ3) is 8.20. The van der Waals surface area contributed by atoms with Gasteiger partial charge in [0, 0.05) is 39.3 Å². The molecule has 0 aliphatic carbocycles. The van der Waals surface area contributed by atoms with Crippen LogP contribution in [0.3, 0.4) is 0 Å². The maximum absolute atomic E-state index is 5.23. The fourth-order valence-corrected chi connectivity index (χ4v) is 2.39. The van der Waals surface area contributed by atoms with Gasteiger partial charge in [0.25, 0.3) is 0 Å². The van der Waals surface area contributed by atoms with Crippen molar-refractivity contribution < 1.29 is 4.74 Å². The lowest BCUT2D eigenvalue weighted by Crippen LogP contribution is -2.30. The highest BCUT2D eigenvalue weighted by atomic mass is 16.5. The van der Waals surface area contributed by atoms with Crippen LogP contribution in [0, 0.1) is 5.92 Å². The van der Waals surface area contributed by atoms with Crippen LogP contribution in [0.2, 0.25) is 0 Å². The number of ether oxygens (including phenoxy) is 1. The van der Waals surface area contributed by atoms with Crippen molar-refractivity contribution in [2.45, 2.75) is 46.8 Å². The molecule has 3 heteroatoms. The Morgan fingerprint density at radius 1 is 1.14 bits per heavy atom. The van der Waals surface area contributed by atoms with E-state index in [1.54, 1.807) is 7.11 Å². The summed E-state index contributed by atoms with van der Waals surface area (Å²) < 4.78 is 5.23. The maximum Gasteiger partial charge on any atom is 0.0589 e. The van der Waals surface area contributed by atoms with E-state index in [0.717, 1.165) is 32.8 Å². The van der Waals surface area contributed by atoms with Gasteiger partial charge in [0.15, 0.2) is 0 Å². The fourth-order valence-electron chi connectivity index (χ4n) is 2.39.